The number of epoxide rings is 1. The van der Waals surface area contributed by atoms with E-state index in [0.717, 1.165) is 17.3 Å². The van der Waals surface area contributed by atoms with Crippen molar-refractivity contribution < 1.29 is 23.9 Å². The Bertz CT molecular complexity index is 773. The zero-order chi connectivity index (χ0) is 18.1. The third-order valence-corrected chi connectivity index (χ3v) is 8.32. The maximum atomic E-state index is 13.1. The summed E-state index contributed by atoms with van der Waals surface area (Å²) in [5, 5.41) is 15.1. The smallest absolute Gasteiger partial charge is 0.349 e. The Morgan fingerprint density at radius 2 is 1.64 bits per heavy atom. The molecule has 0 radical (unpaired) electrons. The summed E-state index contributed by atoms with van der Waals surface area (Å²) in [5.41, 5.74) is -1.72. The van der Waals surface area contributed by atoms with E-state index in [2.05, 4.69) is 14.1 Å². The molecule has 9 heteroatoms. The number of rotatable bonds is 4. The van der Waals surface area contributed by atoms with E-state index in [1.54, 1.807) is 12.1 Å². The van der Waals surface area contributed by atoms with Crippen LogP contribution >= 0.6 is 39.7 Å². The molecule has 5 heterocycles. The first-order valence-corrected chi connectivity index (χ1v) is 10.7. The minimum Gasteiger partial charge on any atom is -0.459 e. The van der Waals surface area contributed by atoms with E-state index >= 15 is 0 Å². The van der Waals surface area contributed by atoms with Gasteiger partial charge in [-0.15, -0.1) is 39.7 Å². The van der Waals surface area contributed by atoms with Gasteiger partial charge >= 0.3 is 5.97 Å². The summed E-state index contributed by atoms with van der Waals surface area (Å²) in [6.45, 7) is 0. The van der Waals surface area contributed by atoms with Gasteiger partial charge in [0.25, 0.3) is 0 Å². The van der Waals surface area contributed by atoms with E-state index < -0.39 is 11.6 Å². The number of ether oxygens (including phenoxy) is 2. The van der Waals surface area contributed by atoms with E-state index in [4.69, 9.17) is 9.47 Å². The number of fused-ring (bicyclic) bond motifs is 5. The molecule has 3 aliphatic rings. The molecule has 5 rings (SSSR count). The molecule has 2 bridgehead atoms. The standard InChI is InChI=1S/C19H22NO4S2.BrH.H3N/c1-20(2)12-9-11(10-13(20)17-16(12)24-17)23-18(21)19(22,14-5-3-7-25-14)15-6-4-8-26-15;;/h3-8,11-13,16-17,22H,9-10H2,1-2H3;1H;1H3/q+1;;/t11?,12-,13+,16-,17+;;. The Balaban J connectivity index is 0.00000112. The highest BCUT2D eigenvalue weighted by Gasteiger charge is 2.71. The van der Waals surface area contributed by atoms with Crippen molar-refractivity contribution in [2.75, 3.05) is 14.1 Å². The van der Waals surface area contributed by atoms with Crippen LogP contribution in [0.15, 0.2) is 35.0 Å². The van der Waals surface area contributed by atoms with Crippen LogP contribution in [-0.2, 0) is 19.9 Å². The molecule has 0 spiro atoms. The molecule has 3 aliphatic heterocycles. The molecule has 3 saturated heterocycles. The van der Waals surface area contributed by atoms with Crippen LogP contribution in [0.4, 0.5) is 0 Å². The number of hydrogen-bond donors (Lipinski definition) is 2. The summed E-state index contributed by atoms with van der Waals surface area (Å²) in [5.74, 6) is -0.561. The van der Waals surface area contributed by atoms with Crippen molar-refractivity contribution in [3.8, 4) is 0 Å². The fourth-order valence-electron chi connectivity index (χ4n) is 4.83. The van der Waals surface area contributed by atoms with Crippen LogP contribution in [0.5, 0.6) is 0 Å². The van der Waals surface area contributed by atoms with E-state index in [9.17, 15) is 9.90 Å². The lowest BCUT2D eigenvalue weighted by atomic mass is 9.95. The number of carbonyl (C=O) groups is 1. The maximum Gasteiger partial charge on any atom is 0.349 e. The second-order valence-electron chi connectivity index (χ2n) is 7.99. The number of esters is 1. The van der Waals surface area contributed by atoms with Crippen LogP contribution < -0.4 is 6.15 Å². The second-order valence-corrected chi connectivity index (χ2v) is 9.89. The molecule has 3 fully saturated rings. The summed E-state index contributed by atoms with van der Waals surface area (Å²) < 4.78 is 12.6. The van der Waals surface area contributed by atoms with Gasteiger partial charge in [0, 0.05) is 12.8 Å². The second kappa shape index (κ2) is 7.46. The molecule has 0 aromatic carbocycles. The number of piperidine rings is 1. The van der Waals surface area contributed by atoms with Crippen molar-refractivity contribution >= 4 is 45.6 Å². The SMILES string of the molecule is Br.C[N+]1(C)[C@@H]2CC(OC(=O)C(O)(c3cccs3)c3cccs3)C[C@H]1[C@@H]1O[C@@H]12.N. The van der Waals surface area contributed by atoms with Gasteiger partial charge in [0.1, 0.15) is 30.4 Å². The summed E-state index contributed by atoms with van der Waals surface area (Å²) in [7, 11) is 4.49. The third kappa shape index (κ3) is 3.08. The lowest BCUT2D eigenvalue weighted by Gasteiger charge is -2.45. The highest BCUT2D eigenvalue weighted by atomic mass is 79.9. The molecule has 0 amide bonds. The molecule has 2 aromatic heterocycles. The summed E-state index contributed by atoms with van der Waals surface area (Å²) in [4.78, 5) is 14.3. The zero-order valence-electron chi connectivity index (χ0n) is 15.8. The molecule has 4 N–H and O–H groups in total. The largest absolute Gasteiger partial charge is 0.459 e. The predicted molar refractivity (Wildman–Crippen MR) is 114 cm³/mol. The molecule has 6 nitrogen and oxygen atoms in total. The number of morpholine rings is 1. The molecule has 154 valence electrons. The van der Waals surface area contributed by atoms with Gasteiger partial charge in [0.05, 0.1) is 23.8 Å². The number of nitrogens with zero attached hydrogens (tertiary/aromatic N) is 1. The van der Waals surface area contributed by atoms with E-state index in [1.807, 2.05) is 22.9 Å². The zero-order valence-corrected chi connectivity index (χ0v) is 19.2. The van der Waals surface area contributed by atoms with E-state index in [-0.39, 0.29) is 29.2 Å². The van der Waals surface area contributed by atoms with Crippen LogP contribution in [0.25, 0.3) is 0 Å². The number of aliphatic hydroxyl groups is 1. The van der Waals surface area contributed by atoms with Gasteiger partial charge < -0.3 is 25.2 Å². The molecule has 0 aliphatic carbocycles. The van der Waals surface area contributed by atoms with Crippen LogP contribution in [0.1, 0.15) is 22.6 Å². The van der Waals surface area contributed by atoms with Crippen molar-refractivity contribution in [2.24, 2.45) is 0 Å². The van der Waals surface area contributed by atoms with Crippen molar-refractivity contribution in [1.29, 1.82) is 0 Å². The molecule has 5 atom stereocenters. The molecule has 28 heavy (non-hydrogen) atoms. The number of likely N-dealkylation sites (N-methyl/N-ethyl adjacent to an activating group) is 1. The average Bonchev–Trinajstić information content (AvgIpc) is 2.98. The van der Waals surface area contributed by atoms with Gasteiger partial charge in [-0.25, -0.2) is 4.79 Å². The van der Waals surface area contributed by atoms with Gasteiger partial charge in [-0.05, 0) is 22.9 Å². The Morgan fingerprint density at radius 3 is 2.07 bits per heavy atom. The third-order valence-electron chi connectivity index (χ3n) is 6.36. The van der Waals surface area contributed by atoms with Gasteiger partial charge in [-0.3, -0.25) is 0 Å². The predicted octanol–water partition coefficient (Wildman–Crippen LogP) is 3.09. The van der Waals surface area contributed by atoms with Gasteiger partial charge in [0.15, 0.2) is 0 Å². The highest BCUT2D eigenvalue weighted by molar-refractivity contribution is 8.93. The molecule has 0 saturated carbocycles. The summed E-state index contributed by atoms with van der Waals surface area (Å²) in [6, 6.07) is 8.01. The lowest BCUT2D eigenvalue weighted by Crippen LogP contribution is -2.60. The first-order valence-electron chi connectivity index (χ1n) is 8.92. The Labute approximate surface area is 183 Å². The molecular formula is C19H26BrN2O4S2+. The van der Waals surface area contributed by atoms with Gasteiger partial charge in [-0.2, -0.15) is 0 Å². The Hall–Kier alpha value is -0.810. The molecule has 2 aromatic rings. The highest BCUT2D eigenvalue weighted by Crippen LogP contribution is 2.52. The number of quaternary nitrogens is 1. The topological polar surface area (TPSA) is 94.1 Å². The van der Waals surface area contributed by atoms with Gasteiger partial charge in [-0.1, -0.05) is 12.1 Å². The summed E-state index contributed by atoms with van der Waals surface area (Å²) in [6.07, 6.45) is 2.05. The monoisotopic (exact) mass is 489 g/mol. The first-order chi connectivity index (χ1) is 12.4. The number of carbonyl (C=O) groups excluding carboxylic acids is 1. The number of hydrogen-bond acceptors (Lipinski definition) is 7. The Morgan fingerprint density at radius 1 is 1.14 bits per heavy atom. The number of halogens is 1. The van der Waals surface area contributed by atoms with E-state index in [1.165, 1.54) is 22.7 Å². The summed E-state index contributed by atoms with van der Waals surface area (Å²) >= 11 is 2.74. The average molecular weight is 490 g/mol. The van der Waals surface area contributed by atoms with Crippen molar-refractivity contribution in [3.63, 3.8) is 0 Å². The first kappa shape index (κ1) is 21.9. The molecule has 1 unspecified atom stereocenters. The van der Waals surface area contributed by atoms with Crippen LogP contribution in [0.3, 0.4) is 0 Å². The van der Waals surface area contributed by atoms with Crippen LogP contribution in [0, 0.1) is 0 Å². The lowest BCUT2D eigenvalue weighted by molar-refractivity contribution is -0.938. The minimum atomic E-state index is -1.72. The fourth-order valence-corrected chi connectivity index (χ4v) is 6.54. The molecular weight excluding hydrogens is 464 g/mol. The normalized spacial score (nSPS) is 31.9. The fraction of sp³-hybridized carbons (Fsp3) is 0.526. The van der Waals surface area contributed by atoms with Crippen molar-refractivity contribution in [2.45, 2.75) is 48.8 Å². The van der Waals surface area contributed by atoms with Crippen LogP contribution in [-0.4, -0.2) is 60.0 Å². The Kier molecular flexibility index (Phi) is 5.83. The van der Waals surface area contributed by atoms with E-state index in [0.29, 0.717) is 34.0 Å². The number of thiophene rings is 2. The minimum absolute atomic E-state index is 0. The van der Waals surface area contributed by atoms with Crippen molar-refractivity contribution in [1.82, 2.24) is 6.15 Å². The van der Waals surface area contributed by atoms with Crippen molar-refractivity contribution in [3.05, 3.63) is 44.8 Å². The van der Waals surface area contributed by atoms with Gasteiger partial charge in [0.2, 0.25) is 5.60 Å². The van der Waals surface area contributed by atoms with Crippen LogP contribution in [0.2, 0.25) is 0 Å². The maximum absolute atomic E-state index is 13.1. The quantitative estimate of drug-likeness (QED) is 0.390.